The largest absolute Gasteiger partial charge is 0.477 e. The van der Waals surface area contributed by atoms with Crippen molar-refractivity contribution in [2.45, 2.75) is 55.4 Å². The van der Waals surface area contributed by atoms with Gasteiger partial charge >= 0.3 is 6.09 Å². The van der Waals surface area contributed by atoms with Crippen molar-refractivity contribution in [2.75, 3.05) is 11.9 Å². The molecule has 0 aromatic heterocycles. The van der Waals surface area contributed by atoms with Gasteiger partial charge in [-0.05, 0) is 50.3 Å². The standard InChI is InChI=1S/C18H22ClN3O5/c19-10-1-2-12-11(7-10)20-9-13(27-12)15(24)21-17-3-5-18(6-4-17,14(23)8-17)22-16(25)26/h1-2,7,13-14,20,22-23H,3-6,8-9H2,(H,21,24)(H,25,26)/t13-,14-,17?,18?/m0/s1. The zero-order valence-corrected chi connectivity index (χ0v) is 15.4. The summed E-state index contributed by atoms with van der Waals surface area (Å²) in [6, 6.07) is 5.17. The molecule has 5 rings (SSSR count). The molecule has 0 unspecified atom stereocenters. The van der Waals surface area contributed by atoms with E-state index in [9.17, 15) is 14.7 Å². The number of carbonyl (C=O) groups excluding carboxylic acids is 1. The van der Waals surface area contributed by atoms with Gasteiger partial charge in [-0.2, -0.15) is 0 Å². The van der Waals surface area contributed by atoms with Crippen molar-refractivity contribution in [1.82, 2.24) is 10.6 Å². The third kappa shape index (κ3) is 3.27. The van der Waals surface area contributed by atoms with Crippen molar-refractivity contribution >= 4 is 29.3 Å². The lowest BCUT2D eigenvalue weighted by Gasteiger charge is -2.56. The molecule has 1 aliphatic heterocycles. The van der Waals surface area contributed by atoms with Gasteiger partial charge in [0.15, 0.2) is 6.10 Å². The normalized spacial score (nSPS) is 34.0. The maximum absolute atomic E-state index is 12.8. The molecule has 5 N–H and O–H groups in total. The van der Waals surface area contributed by atoms with E-state index in [1.165, 1.54) is 0 Å². The number of carboxylic acid groups (broad SMARTS) is 1. The van der Waals surface area contributed by atoms with Crippen molar-refractivity contribution in [3.63, 3.8) is 0 Å². The molecule has 3 fully saturated rings. The third-order valence-corrected chi connectivity index (χ3v) is 6.28. The van der Waals surface area contributed by atoms with Crippen LogP contribution in [0.3, 0.4) is 0 Å². The Bertz CT molecular complexity index is 778. The smallest absolute Gasteiger partial charge is 0.405 e. The van der Waals surface area contributed by atoms with E-state index in [0.717, 1.165) is 5.69 Å². The van der Waals surface area contributed by atoms with Crippen LogP contribution in [0.15, 0.2) is 18.2 Å². The predicted molar refractivity (Wildman–Crippen MR) is 98.2 cm³/mol. The van der Waals surface area contributed by atoms with Crippen LogP contribution < -0.4 is 20.7 Å². The Morgan fingerprint density at radius 3 is 2.63 bits per heavy atom. The van der Waals surface area contributed by atoms with Gasteiger partial charge in [0, 0.05) is 10.6 Å². The lowest BCUT2D eigenvalue weighted by atomic mass is 9.60. The van der Waals surface area contributed by atoms with E-state index in [2.05, 4.69) is 16.0 Å². The molecule has 0 spiro atoms. The predicted octanol–water partition coefficient (Wildman–Crippen LogP) is 1.71. The summed E-state index contributed by atoms with van der Waals surface area (Å²) in [4.78, 5) is 23.9. The molecule has 1 aromatic carbocycles. The molecule has 2 bridgehead atoms. The van der Waals surface area contributed by atoms with Crippen LogP contribution in [0.2, 0.25) is 5.02 Å². The molecule has 2 amide bonds. The van der Waals surface area contributed by atoms with Crippen molar-refractivity contribution in [3.05, 3.63) is 23.2 Å². The molecule has 3 aliphatic carbocycles. The van der Waals surface area contributed by atoms with E-state index in [4.69, 9.17) is 21.4 Å². The number of amides is 2. The first kappa shape index (κ1) is 18.2. The van der Waals surface area contributed by atoms with Gasteiger partial charge in [-0.1, -0.05) is 11.6 Å². The maximum atomic E-state index is 12.8. The van der Waals surface area contributed by atoms with E-state index >= 15 is 0 Å². The Morgan fingerprint density at radius 1 is 1.22 bits per heavy atom. The maximum Gasteiger partial charge on any atom is 0.405 e. The highest BCUT2D eigenvalue weighted by Crippen LogP contribution is 2.47. The first-order chi connectivity index (χ1) is 12.8. The molecule has 4 aliphatic rings. The minimum absolute atomic E-state index is 0.240. The van der Waals surface area contributed by atoms with E-state index in [1.54, 1.807) is 18.2 Å². The molecule has 0 saturated heterocycles. The number of rotatable bonds is 3. The van der Waals surface area contributed by atoms with E-state index in [-0.39, 0.29) is 5.91 Å². The van der Waals surface area contributed by atoms with Crippen molar-refractivity contribution in [1.29, 1.82) is 0 Å². The van der Waals surface area contributed by atoms with Crippen molar-refractivity contribution in [2.24, 2.45) is 0 Å². The number of hydrogen-bond acceptors (Lipinski definition) is 5. The number of aliphatic hydroxyl groups excluding tert-OH is 1. The van der Waals surface area contributed by atoms with Crippen LogP contribution in [0.5, 0.6) is 5.75 Å². The quantitative estimate of drug-likeness (QED) is 0.531. The Labute approximate surface area is 161 Å². The molecule has 8 nitrogen and oxygen atoms in total. The van der Waals surface area contributed by atoms with E-state index in [0.29, 0.717) is 49.4 Å². The fourth-order valence-corrected chi connectivity index (χ4v) is 4.68. The molecular formula is C18H22ClN3O5. The topological polar surface area (TPSA) is 120 Å². The second-order valence-corrected chi connectivity index (χ2v) is 8.14. The molecule has 2 atom stereocenters. The van der Waals surface area contributed by atoms with Crippen LogP contribution in [-0.2, 0) is 4.79 Å². The van der Waals surface area contributed by atoms with Gasteiger partial charge < -0.3 is 30.9 Å². The van der Waals surface area contributed by atoms with Gasteiger partial charge in [-0.3, -0.25) is 4.79 Å². The number of fused-ring (bicyclic) bond motifs is 4. The van der Waals surface area contributed by atoms with Gasteiger partial charge in [0.05, 0.1) is 23.9 Å². The number of aliphatic hydroxyl groups is 1. The second kappa shape index (κ2) is 6.45. The third-order valence-electron chi connectivity index (χ3n) is 6.05. The summed E-state index contributed by atoms with van der Waals surface area (Å²) in [5.41, 5.74) is -0.582. The summed E-state index contributed by atoms with van der Waals surface area (Å²) < 4.78 is 5.81. The number of ether oxygens (including phenoxy) is 1. The van der Waals surface area contributed by atoms with Crippen molar-refractivity contribution < 1.29 is 24.5 Å². The Balaban J connectivity index is 1.42. The molecule has 146 valence electrons. The van der Waals surface area contributed by atoms with Crippen LogP contribution in [0.25, 0.3) is 0 Å². The lowest BCUT2D eigenvalue weighted by Crippen LogP contribution is -2.70. The van der Waals surface area contributed by atoms with Crippen LogP contribution in [0.1, 0.15) is 32.1 Å². The van der Waals surface area contributed by atoms with Crippen LogP contribution in [0.4, 0.5) is 10.5 Å². The van der Waals surface area contributed by atoms with Gasteiger partial charge in [0.2, 0.25) is 0 Å². The number of benzene rings is 1. The number of carbonyl (C=O) groups is 2. The number of nitrogens with one attached hydrogen (secondary N) is 3. The SMILES string of the molecule is O=C(O)NC12CCC(NC(=O)[C@@H]3CNc4cc(Cl)ccc4O3)(CC1)C[C@@H]2O. The monoisotopic (exact) mass is 395 g/mol. The lowest BCUT2D eigenvalue weighted by molar-refractivity contribution is -0.134. The molecule has 9 heteroatoms. The average molecular weight is 396 g/mol. The van der Waals surface area contributed by atoms with Crippen LogP contribution >= 0.6 is 11.6 Å². The van der Waals surface area contributed by atoms with Crippen LogP contribution in [-0.4, -0.2) is 52.0 Å². The number of hydrogen-bond donors (Lipinski definition) is 5. The second-order valence-electron chi connectivity index (χ2n) is 7.70. The minimum Gasteiger partial charge on any atom is -0.477 e. The number of anilines is 1. The Kier molecular flexibility index (Phi) is 4.35. The first-order valence-electron chi connectivity index (χ1n) is 9.02. The molecule has 3 saturated carbocycles. The molecule has 1 aromatic rings. The summed E-state index contributed by atoms with van der Waals surface area (Å²) in [5, 5.41) is 28.9. The minimum atomic E-state index is -1.13. The van der Waals surface area contributed by atoms with E-state index < -0.39 is 29.4 Å². The average Bonchev–Trinajstić information content (AvgIpc) is 2.62. The Morgan fingerprint density at radius 2 is 1.96 bits per heavy atom. The van der Waals surface area contributed by atoms with Gasteiger partial charge in [0.25, 0.3) is 5.91 Å². The number of halogens is 1. The summed E-state index contributed by atoms with van der Waals surface area (Å²) >= 11 is 5.96. The molecular weight excluding hydrogens is 374 g/mol. The highest BCUT2D eigenvalue weighted by molar-refractivity contribution is 6.30. The summed E-state index contributed by atoms with van der Waals surface area (Å²) in [5.74, 6) is 0.330. The molecule has 1 heterocycles. The molecule has 27 heavy (non-hydrogen) atoms. The fourth-order valence-electron chi connectivity index (χ4n) is 4.50. The molecule has 0 radical (unpaired) electrons. The van der Waals surface area contributed by atoms with Crippen molar-refractivity contribution in [3.8, 4) is 5.75 Å². The van der Waals surface area contributed by atoms with Gasteiger partial charge in [0.1, 0.15) is 5.75 Å². The van der Waals surface area contributed by atoms with E-state index in [1.807, 2.05) is 0 Å². The first-order valence-corrected chi connectivity index (χ1v) is 9.40. The van der Waals surface area contributed by atoms with Gasteiger partial charge in [-0.15, -0.1) is 0 Å². The summed E-state index contributed by atoms with van der Waals surface area (Å²) in [6.07, 6.45) is -0.109. The zero-order chi connectivity index (χ0) is 19.2. The Hall–Kier alpha value is -2.19. The highest BCUT2D eigenvalue weighted by Gasteiger charge is 2.55. The fraction of sp³-hybridized carbons (Fsp3) is 0.556. The zero-order valence-electron chi connectivity index (χ0n) is 14.6. The van der Waals surface area contributed by atoms with Gasteiger partial charge in [-0.25, -0.2) is 4.79 Å². The summed E-state index contributed by atoms with van der Waals surface area (Å²) in [7, 11) is 0. The highest BCUT2D eigenvalue weighted by atomic mass is 35.5. The van der Waals surface area contributed by atoms with Crippen LogP contribution in [0, 0.1) is 0 Å². The summed E-state index contributed by atoms with van der Waals surface area (Å²) in [6.45, 7) is 0.322.